The third-order valence-corrected chi connectivity index (χ3v) is 13.0. The number of rotatable bonds is 34. The largest absolute Gasteiger partial charge is 0.481 e. The third kappa shape index (κ3) is 22.3. The summed E-state index contributed by atoms with van der Waals surface area (Å²) < 4.78 is 0. The summed E-state index contributed by atoms with van der Waals surface area (Å²) in [5, 5.41) is 53.9. The Bertz CT molecular complexity index is 2100. The van der Waals surface area contributed by atoms with Crippen molar-refractivity contribution in [2.24, 2.45) is 23.3 Å². The average molecular weight is 1100 g/mol. The number of nitrogens with one attached hydrogen (secondary N) is 7. The Hall–Kier alpha value is -6.62. The molecule has 0 radical (unpaired) electrons. The molecule has 15 N–H and O–H groups in total. The summed E-state index contributed by atoms with van der Waals surface area (Å²) >= 11 is 1.54. The summed E-state index contributed by atoms with van der Waals surface area (Å²) in [7, 11) is 0. The van der Waals surface area contributed by atoms with Crippen LogP contribution in [0.1, 0.15) is 111 Å². The summed E-state index contributed by atoms with van der Waals surface area (Å²) in [5.74, 6) is -14.5. The van der Waals surface area contributed by atoms with Gasteiger partial charge in [0.25, 0.3) is 0 Å². The standard InChI is InChI=1S/C47H77N11O17S/c1-24(2)18-28(53-41(68)29(19-25(3)4)56-44(71)33-11-8-15-57(33)46(73)34-12-9-16-58(34)45(72)26(49)13-17-76-5)40(67)54-30(20-36(60)61)39(66)50-23-35(59)51-31(21-37(62)63)42(69)55-32(22-38(64)65)43(70)52-27(47(74)75)10-6-7-14-48/h24-34H,6-23,48-49H2,1-5H3,(H,50,66)(H,51,59)(H,52,70)(H,53,68)(H,54,67)(H,55,69)(H,56,71)(H,60,61)(H,62,63)(H,64,65)(H,74,75)/t26-,27-,28-,29-,30-,31-,32-,33-,34-/m0/s1. The second kappa shape index (κ2) is 32.7. The number of hydrogen-bond acceptors (Lipinski definition) is 16. The molecule has 2 saturated heterocycles. The summed E-state index contributed by atoms with van der Waals surface area (Å²) in [4.78, 5) is 172. The molecular weight excluding hydrogens is 1020 g/mol. The van der Waals surface area contributed by atoms with Crippen molar-refractivity contribution in [3.63, 3.8) is 0 Å². The molecule has 0 aromatic heterocycles. The quantitative estimate of drug-likeness (QED) is 0.0282. The molecule has 428 valence electrons. The number of carbonyl (C=O) groups excluding carboxylic acids is 9. The van der Waals surface area contributed by atoms with Gasteiger partial charge < -0.3 is 78.9 Å². The van der Waals surface area contributed by atoms with Crippen molar-refractivity contribution < 1.29 is 82.8 Å². The molecule has 0 spiro atoms. The molecule has 29 heteroatoms. The fourth-order valence-electron chi connectivity index (χ4n) is 8.56. The summed E-state index contributed by atoms with van der Waals surface area (Å²) in [6, 6.07) is -12.6. The Morgan fingerprint density at radius 1 is 0.566 bits per heavy atom. The highest BCUT2D eigenvalue weighted by Gasteiger charge is 2.44. The molecule has 0 unspecified atom stereocenters. The van der Waals surface area contributed by atoms with E-state index < -0.39 is 151 Å². The predicted molar refractivity (Wildman–Crippen MR) is 271 cm³/mol. The molecule has 2 fully saturated rings. The van der Waals surface area contributed by atoms with Crippen LogP contribution in [0.2, 0.25) is 0 Å². The molecule has 2 heterocycles. The summed E-state index contributed by atoms with van der Waals surface area (Å²) in [5.41, 5.74) is 11.6. The van der Waals surface area contributed by atoms with E-state index in [1.165, 1.54) is 9.80 Å². The molecule has 2 aliphatic rings. The van der Waals surface area contributed by atoms with Gasteiger partial charge >= 0.3 is 23.9 Å². The van der Waals surface area contributed by atoms with Gasteiger partial charge in [-0.15, -0.1) is 0 Å². The van der Waals surface area contributed by atoms with E-state index in [1.807, 2.05) is 16.9 Å². The first-order chi connectivity index (χ1) is 35.7. The zero-order valence-corrected chi connectivity index (χ0v) is 44.4. The van der Waals surface area contributed by atoms with Gasteiger partial charge in [-0.05, 0) is 94.6 Å². The monoisotopic (exact) mass is 1100 g/mol. The predicted octanol–water partition coefficient (Wildman–Crippen LogP) is -3.20. The number of nitrogens with two attached hydrogens (primary N) is 2. The lowest BCUT2D eigenvalue weighted by Crippen LogP contribution is -2.59. The van der Waals surface area contributed by atoms with Crippen LogP contribution in [-0.2, 0) is 62.3 Å². The van der Waals surface area contributed by atoms with Crippen LogP contribution in [0.5, 0.6) is 0 Å². The average Bonchev–Trinajstić information content (AvgIpc) is 4.04. The van der Waals surface area contributed by atoms with Gasteiger partial charge in [-0.1, -0.05) is 27.7 Å². The summed E-state index contributed by atoms with van der Waals surface area (Å²) in [6.45, 7) is 6.74. The number of carboxylic acid groups (broad SMARTS) is 4. The molecular formula is C47H77N11O17S. The molecule has 0 aromatic carbocycles. The minimum atomic E-state index is -2.01. The van der Waals surface area contributed by atoms with Crippen LogP contribution in [0.4, 0.5) is 0 Å². The Labute approximate surface area is 444 Å². The van der Waals surface area contributed by atoms with Gasteiger partial charge in [-0.25, -0.2) is 4.79 Å². The van der Waals surface area contributed by atoms with E-state index >= 15 is 0 Å². The van der Waals surface area contributed by atoms with Crippen LogP contribution in [0, 0.1) is 11.8 Å². The van der Waals surface area contributed by atoms with Crippen LogP contribution in [0.25, 0.3) is 0 Å². The van der Waals surface area contributed by atoms with Crippen LogP contribution >= 0.6 is 11.8 Å². The molecule has 0 bridgehead atoms. The highest BCUT2D eigenvalue weighted by Crippen LogP contribution is 2.26. The van der Waals surface area contributed by atoms with E-state index in [0.29, 0.717) is 44.4 Å². The van der Waals surface area contributed by atoms with E-state index in [9.17, 15) is 82.8 Å². The van der Waals surface area contributed by atoms with Gasteiger partial charge in [0.1, 0.15) is 48.3 Å². The molecule has 9 atom stereocenters. The second-order valence-corrected chi connectivity index (χ2v) is 20.6. The van der Waals surface area contributed by atoms with Gasteiger partial charge in [0.2, 0.25) is 53.2 Å². The Balaban J connectivity index is 2.22. The molecule has 2 rings (SSSR count). The lowest BCUT2D eigenvalue weighted by Gasteiger charge is -2.33. The fourth-order valence-corrected chi connectivity index (χ4v) is 9.05. The smallest absolute Gasteiger partial charge is 0.326 e. The topological polar surface area (TPSA) is 446 Å². The Kier molecular flexibility index (Phi) is 28.2. The number of carboxylic acids is 4. The van der Waals surface area contributed by atoms with Crippen LogP contribution < -0.4 is 48.7 Å². The van der Waals surface area contributed by atoms with Crippen molar-refractivity contribution in [3.8, 4) is 0 Å². The van der Waals surface area contributed by atoms with Gasteiger partial charge in [-0.2, -0.15) is 11.8 Å². The molecule has 2 aliphatic heterocycles. The van der Waals surface area contributed by atoms with Crippen molar-refractivity contribution in [2.75, 3.05) is 38.2 Å². The maximum absolute atomic E-state index is 14.0. The van der Waals surface area contributed by atoms with Crippen molar-refractivity contribution in [1.82, 2.24) is 47.0 Å². The second-order valence-electron chi connectivity index (χ2n) is 19.6. The van der Waals surface area contributed by atoms with Gasteiger partial charge in [0.05, 0.1) is 31.8 Å². The number of aliphatic carboxylic acids is 4. The number of likely N-dealkylation sites (tertiary alicyclic amines) is 2. The minimum absolute atomic E-state index is 0.0524. The van der Waals surface area contributed by atoms with Gasteiger partial charge in [0.15, 0.2) is 0 Å². The first-order valence-corrected chi connectivity index (χ1v) is 26.6. The van der Waals surface area contributed by atoms with Crippen LogP contribution in [-0.4, -0.2) is 200 Å². The van der Waals surface area contributed by atoms with Crippen molar-refractivity contribution in [1.29, 1.82) is 0 Å². The molecule has 28 nitrogen and oxygen atoms in total. The van der Waals surface area contributed by atoms with E-state index in [4.69, 9.17) is 11.5 Å². The maximum atomic E-state index is 14.0. The normalized spacial score (nSPS) is 18.0. The molecule has 76 heavy (non-hydrogen) atoms. The highest BCUT2D eigenvalue weighted by atomic mass is 32.2. The highest BCUT2D eigenvalue weighted by molar-refractivity contribution is 7.98. The van der Waals surface area contributed by atoms with Crippen molar-refractivity contribution in [3.05, 3.63) is 0 Å². The van der Waals surface area contributed by atoms with Crippen LogP contribution in [0.3, 0.4) is 0 Å². The van der Waals surface area contributed by atoms with E-state index in [1.54, 1.807) is 39.5 Å². The lowest BCUT2D eigenvalue weighted by atomic mass is 9.99. The lowest BCUT2D eigenvalue weighted by molar-refractivity contribution is -0.147. The maximum Gasteiger partial charge on any atom is 0.326 e. The molecule has 9 amide bonds. The van der Waals surface area contributed by atoms with Crippen LogP contribution in [0.15, 0.2) is 0 Å². The zero-order chi connectivity index (χ0) is 57.4. The summed E-state index contributed by atoms with van der Waals surface area (Å²) in [6.07, 6.45) is 1.36. The van der Waals surface area contributed by atoms with Gasteiger partial charge in [0, 0.05) is 13.1 Å². The zero-order valence-electron chi connectivity index (χ0n) is 43.6. The fraction of sp³-hybridized carbons (Fsp3) is 0.723. The minimum Gasteiger partial charge on any atom is -0.481 e. The molecule has 0 aliphatic carbocycles. The van der Waals surface area contributed by atoms with E-state index in [-0.39, 0.29) is 62.9 Å². The van der Waals surface area contributed by atoms with Crippen molar-refractivity contribution >= 4 is 88.8 Å². The number of hydrogen-bond donors (Lipinski definition) is 13. The SMILES string of the molecule is CSCC[C@H](N)C(=O)N1CCC[C@H]1C(=O)N1CCC[C@H]1C(=O)N[C@@H](CC(C)C)C(=O)N[C@@H](CC(C)C)C(=O)N[C@@H](CC(=O)O)C(=O)NCC(=O)N[C@@H](CC(=O)O)C(=O)N[C@@H](CC(=O)O)C(=O)N[C@@H](CCCCN)C(=O)O. The third-order valence-electron chi connectivity index (χ3n) is 12.3. The number of amides is 9. The van der Waals surface area contributed by atoms with E-state index in [2.05, 4.69) is 26.6 Å². The Morgan fingerprint density at radius 3 is 1.50 bits per heavy atom. The Morgan fingerprint density at radius 2 is 1.01 bits per heavy atom. The van der Waals surface area contributed by atoms with E-state index in [0.717, 1.165) is 0 Å². The van der Waals surface area contributed by atoms with Crippen molar-refractivity contribution in [2.45, 2.75) is 166 Å². The number of nitrogens with zero attached hydrogens (tertiary/aromatic N) is 2. The molecule has 0 aromatic rings. The number of thioether (sulfide) groups is 1. The first kappa shape index (κ1) is 65.5. The number of carbonyl (C=O) groups is 13. The van der Waals surface area contributed by atoms with Gasteiger partial charge in [-0.3, -0.25) is 57.5 Å². The molecule has 0 saturated carbocycles. The number of unbranched alkanes of at least 4 members (excludes halogenated alkanes) is 1. The first-order valence-electron chi connectivity index (χ1n) is 25.2.